The minimum absolute atomic E-state index is 0.0716. The zero-order valence-electron chi connectivity index (χ0n) is 22.7. The molecule has 0 aliphatic carbocycles. The van der Waals surface area contributed by atoms with Gasteiger partial charge in [-0.25, -0.2) is 4.98 Å². The van der Waals surface area contributed by atoms with E-state index in [0.29, 0.717) is 37.0 Å². The molecule has 2 aliphatic heterocycles. The Morgan fingerprint density at radius 2 is 1.93 bits per heavy atom. The third-order valence-electron chi connectivity index (χ3n) is 8.50. The van der Waals surface area contributed by atoms with E-state index in [1.165, 1.54) is 16.5 Å². The molecule has 9 nitrogen and oxygen atoms in total. The molecule has 2 saturated heterocycles. The number of likely N-dealkylation sites (tertiary alicyclic amines) is 1. The molecule has 2 aliphatic rings. The molecule has 0 bridgehead atoms. The molecule has 2 N–H and O–H groups in total. The molecule has 2 atom stereocenters. The van der Waals surface area contributed by atoms with Crippen molar-refractivity contribution in [1.29, 1.82) is 0 Å². The summed E-state index contributed by atoms with van der Waals surface area (Å²) in [7, 11) is 1.61. The molecule has 0 saturated carbocycles. The molecular weight excluding hydrogens is 506 g/mol. The highest BCUT2D eigenvalue weighted by Crippen LogP contribution is 2.33. The molecule has 208 valence electrons. The number of aromatic nitrogens is 3. The van der Waals surface area contributed by atoms with Crippen LogP contribution >= 0.6 is 0 Å². The van der Waals surface area contributed by atoms with E-state index in [1.807, 2.05) is 58.1 Å². The van der Waals surface area contributed by atoms with Crippen LogP contribution in [-0.2, 0) is 11.3 Å². The van der Waals surface area contributed by atoms with E-state index < -0.39 is 5.60 Å². The molecule has 2 aromatic heterocycles. The smallest absolute Gasteiger partial charge is 0.262 e. The number of carbonyl (C=O) groups excluding carboxylic acids is 1. The van der Waals surface area contributed by atoms with E-state index in [9.17, 15) is 14.7 Å². The molecule has 6 rings (SSSR count). The Morgan fingerprint density at radius 1 is 1.12 bits per heavy atom. The van der Waals surface area contributed by atoms with Crippen LogP contribution in [0.4, 0.5) is 0 Å². The number of methoxy groups -OCH3 is 1. The van der Waals surface area contributed by atoms with Crippen molar-refractivity contribution in [1.82, 2.24) is 24.3 Å². The maximum atomic E-state index is 13.6. The second-order valence-electron chi connectivity index (χ2n) is 11.0. The Balaban J connectivity index is 1.15. The number of ether oxygens (including phenoxy) is 1. The van der Waals surface area contributed by atoms with Gasteiger partial charge in [0.2, 0.25) is 5.91 Å². The average Bonchev–Trinajstić information content (AvgIpc) is 3.44. The highest BCUT2D eigenvalue weighted by molar-refractivity contribution is 5.80. The first-order valence-electron chi connectivity index (χ1n) is 13.9. The fraction of sp³-hybridized carbons (Fsp3) is 0.387. The first kappa shape index (κ1) is 26.3. The predicted octanol–water partition coefficient (Wildman–Crippen LogP) is 2.94. The molecule has 0 spiro atoms. The minimum atomic E-state index is -1.09. The fourth-order valence-electron chi connectivity index (χ4n) is 6.19. The maximum Gasteiger partial charge on any atom is 0.262 e. The van der Waals surface area contributed by atoms with E-state index in [2.05, 4.69) is 22.4 Å². The van der Waals surface area contributed by atoms with Gasteiger partial charge < -0.3 is 24.6 Å². The number of carbonyl (C=O) groups is 1. The molecule has 4 heterocycles. The van der Waals surface area contributed by atoms with Gasteiger partial charge >= 0.3 is 0 Å². The second kappa shape index (κ2) is 10.9. The number of hydrogen-bond acceptors (Lipinski definition) is 6. The van der Waals surface area contributed by atoms with Crippen molar-refractivity contribution >= 4 is 16.9 Å². The number of piperidine rings is 2. The van der Waals surface area contributed by atoms with Gasteiger partial charge in [0.15, 0.2) is 5.65 Å². The lowest BCUT2D eigenvalue weighted by Gasteiger charge is -2.41. The van der Waals surface area contributed by atoms with Crippen molar-refractivity contribution in [3.63, 3.8) is 0 Å². The van der Waals surface area contributed by atoms with Crippen LogP contribution in [0, 0.1) is 5.92 Å². The Kier molecular flexibility index (Phi) is 7.16. The molecule has 0 unspecified atom stereocenters. The zero-order chi connectivity index (χ0) is 27.7. The molecule has 40 heavy (non-hydrogen) atoms. The number of nitrogens with one attached hydrogen (secondary N) is 1. The summed E-state index contributed by atoms with van der Waals surface area (Å²) in [4.78, 5) is 33.5. The lowest BCUT2D eigenvalue weighted by atomic mass is 9.80. The molecule has 4 aromatic rings. The summed E-state index contributed by atoms with van der Waals surface area (Å²) in [6, 6.07) is 19.6. The number of aliphatic hydroxyl groups is 1. The fourth-order valence-corrected chi connectivity index (χ4v) is 6.19. The van der Waals surface area contributed by atoms with Crippen molar-refractivity contribution < 1.29 is 14.6 Å². The summed E-state index contributed by atoms with van der Waals surface area (Å²) in [5.41, 5.74) is 1.30. The number of nitrogens with zero attached hydrogens (tertiary/aromatic N) is 4. The van der Waals surface area contributed by atoms with Gasteiger partial charge in [-0.3, -0.25) is 14.2 Å². The van der Waals surface area contributed by atoms with Gasteiger partial charge in [0.1, 0.15) is 12.1 Å². The first-order chi connectivity index (χ1) is 19.5. The van der Waals surface area contributed by atoms with Gasteiger partial charge in [0, 0.05) is 43.7 Å². The van der Waals surface area contributed by atoms with Gasteiger partial charge in [-0.05, 0) is 49.6 Å². The van der Waals surface area contributed by atoms with E-state index in [4.69, 9.17) is 4.74 Å². The molecule has 0 radical (unpaired) electrons. The van der Waals surface area contributed by atoms with Crippen LogP contribution in [-0.4, -0.2) is 68.9 Å². The maximum absolute atomic E-state index is 13.6. The predicted molar refractivity (Wildman–Crippen MR) is 153 cm³/mol. The van der Waals surface area contributed by atoms with Crippen LogP contribution in [0.5, 0.6) is 5.75 Å². The van der Waals surface area contributed by atoms with Crippen molar-refractivity contribution in [2.45, 2.75) is 37.3 Å². The van der Waals surface area contributed by atoms with Crippen LogP contribution in [0.25, 0.3) is 16.7 Å². The third-order valence-corrected chi connectivity index (χ3v) is 8.50. The summed E-state index contributed by atoms with van der Waals surface area (Å²) >= 11 is 0. The number of hydrogen-bond donors (Lipinski definition) is 2. The quantitative estimate of drug-likeness (QED) is 0.389. The molecule has 2 fully saturated rings. The van der Waals surface area contributed by atoms with E-state index >= 15 is 0 Å². The second-order valence-corrected chi connectivity index (χ2v) is 11.0. The Labute approximate surface area is 233 Å². The molecule has 2 aromatic carbocycles. The van der Waals surface area contributed by atoms with Gasteiger partial charge in [-0.1, -0.05) is 36.4 Å². The van der Waals surface area contributed by atoms with Crippen LogP contribution in [0.3, 0.4) is 0 Å². The monoisotopic (exact) mass is 541 g/mol. The lowest BCUT2D eigenvalue weighted by molar-refractivity contribution is -0.141. The Morgan fingerprint density at radius 3 is 2.70 bits per heavy atom. The summed E-state index contributed by atoms with van der Waals surface area (Å²) in [5.74, 6) is 0.952. The summed E-state index contributed by atoms with van der Waals surface area (Å²) in [5, 5.41) is 15.4. The standard InChI is InChI=1S/C31H35N5O4/c1-40-24-9-5-8-23(18-24)36-15-11-26-28(36)33-21-35(30(26)38)20-31(39)12-16-34(17-13-31)29(37)25-10-14-32-19-27(25)22-6-3-2-4-7-22/h2-9,11,15,18,21,25,27,32,39H,10,12-14,16-17,19-20H2,1H3/t25-,27+/m1/s1. The van der Waals surface area contributed by atoms with Crippen molar-refractivity contribution in [3.8, 4) is 11.4 Å². The molecule has 9 heteroatoms. The number of amides is 1. The van der Waals surface area contributed by atoms with Gasteiger partial charge in [0.25, 0.3) is 5.56 Å². The Bertz CT molecular complexity index is 1560. The average molecular weight is 542 g/mol. The number of fused-ring (bicyclic) bond motifs is 1. The van der Waals surface area contributed by atoms with E-state index in [0.717, 1.165) is 30.9 Å². The lowest BCUT2D eigenvalue weighted by Crippen LogP contribution is -2.52. The van der Waals surface area contributed by atoms with Crippen molar-refractivity contribution in [2.24, 2.45) is 5.92 Å². The van der Waals surface area contributed by atoms with Crippen LogP contribution in [0.1, 0.15) is 30.7 Å². The van der Waals surface area contributed by atoms with Crippen LogP contribution in [0.2, 0.25) is 0 Å². The van der Waals surface area contributed by atoms with Gasteiger partial charge in [-0.2, -0.15) is 0 Å². The third kappa shape index (κ3) is 5.02. The van der Waals surface area contributed by atoms with Crippen LogP contribution < -0.4 is 15.6 Å². The van der Waals surface area contributed by atoms with Crippen molar-refractivity contribution in [2.75, 3.05) is 33.3 Å². The van der Waals surface area contributed by atoms with E-state index in [-0.39, 0.29) is 29.8 Å². The Hall–Kier alpha value is -3.95. The SMILES string of the molecule is COc1cccc(-n2ccc3c(=O)n(CC4(O)CCN(C(=O)[C@@H]5CCNC[C@H]5c5ccccc5)CC4)cnc32)c1. The number of benzene rings is 2. The normalized spacial score (nSPS) is 20.9. The molecular formula is C31H35N5O4. The van der Waals surface area contributed by atoms with Crippen molar-refractivity contribution in [3.05, 3.63) is 89.1 Å². The minimum Gasteiger partial charge on any atom is -0.497 e. The first-order valence-corrected chi connectivity index (χ1v) is 13.9. The molecule has 1 amide bonds. The largest absolute Gasteiger partial charge is 0.497 e. The summed E-state index contributed by atoms with van der Waals surface area (Å²) in [6.07, 6.45) is 4.95. The van der Waals surface area contributed by atoms with Gasteiger partial charge in [0.05, 0.1) is 30.3 Å². The number of rotatable bonds is 6. The highest BCUT2D eigenvalue weighted by Gasteiger charge is 2.39. The summed E-state index contributed by atoms with van der Waals surface area (Å²) < 4.78 is 8.68. The highest BCUT2D eigenvalue weighted by atomic mass is 16.5. The van der Waals surface area contributed by atoms with Crippen LogP contribution in [0.15, 0.2) is 78.0 Å². The van der Waals surface area contributed by atoms with Gasteiger partial charge in [-0.15, -0.1) is 0 Å². The topological polar surface area (TPSA) is 102 Å². The zero-order valence-corrected chi connectivity index (χ0v) is 22.7. The van der Waals surface area contributed by atoms with E-state index in [1.54, 1.807) is 13.2 Å². The summed E-state index contributed by atoms with van der Waals surface area (Å²) in [6.45, 7) is 2.70.